The van der Waals surface area contributed by atoms with E-state index in [1.165, 1.54) is 6.07 Å². The number of nitrogens with zero attached hydrogens (tertiary/aromatic N) is 5. The zero-order chi connectivity index (χ0) is 23.7. The number of aryl methyl sites for hydroxylation is 3. The molecule has 0 saturated heterocycles. The average molecular weight is 459 g/mol. The highest BCUT2D eigenvalue weighted by molar-refractivity contribution is 6.04. The number of benzene rings is 2. The van der Waals surface area contributed by atoms with Crippen LogP contribution in [0.3, 0.4) is 0 Å². The minimum absolute atomic E-state index is 0.254. The molecule has 0 unspecified atom stereocenters. The standard InChI is InChI=1S/C26H27FN6O/c1-17-14-18(2)33(31-17)16-19-7-9-20(10-8-19)26(34)28-21-11-12-23(27)22(15-21)25-30-29-24-6-4-3-5-13-32(24)25/h7-12,14-15H,3-6,13,16H2,1-2H3,(H,28,34). The Balaban J connectivity index is 1.32. The number of aromatic nitrogens is 5. The van der Waals surface area contributed by atoms with Gasteiger partial charge < -0.3 is 9.88 Å². The molecule has 0 spiro atoms. The number of halogens is 1. The lowest BCUT2D eigenvalue weighted by Gasteiger charge is -2.11. The molecule has 0 saturated carbocycles. The average Bonchev–Trinajstić information content (AvgIpc) is 3.27. The maximum absolute atomic E-state index is 14.7. The number of nitrogens with one attached hydrogen (secondary N) is 1. The fraction of sp³-hybridized carbons (Fsp3) is 0.308. The molecule has 1 aliphatic rings. The lowest BCUT2D eigenvalue weighted by molar-refractivity contribution is 0.102. The Hall–Kier alpha value is -3.81. The van der Waals surface area contributed by atoms with Gasteiger partial charge in [0, 0.05) is 29.9 Å². The Bertz CT molecular complexity index is 1340. The molecule has 0 aliphatic carbocycles. The second kappa shape index (κ2) is 9.21. The van der Waals surface area contributed by atoms with Crippen molar-refractivity contribution in [2.24, 2.45) is 0 Å². The van der Waals surface area contributed by atoms with Crippen LogP contribution in [0.15, 0.2) is 48.5 Å². The first-order chi connectivity index (χ1) is 16.5. The highest BCUT2D eigenvalue weighted by Gasteiger charge is 2.19. The summed E-state index contributed by atoms with van der Waals surface area (Å²) in [5, 5.41) is 15.9. The summed E-state index contributed by atoms with van der Waals surface area (Å²) in [4.78, 5) is 12.8. The summed E-state index contributed by atoms with van der Waals surface area (Å²) in [5.74, 6) is 0.766. The molecular formula is C26H27FN6O. The fourth-order valence-corrected chi connectivity index (χ4v) is 4.43. The Kier molecular flexibility index (Phi) is 5.96. The topological polar surface area (TPSA) is 77.6 Å². The smallest absolute Gasteiger partial charge is 0.255 e. The molecule has 0 radical (unpaired) electrons. The van der Waals surface area contributed by atoms with Crippen LogP contribution in [0.4, 0.5) is 10.1 Å². The van der Waals surface area contributed by atoms with Crippen LogP contribution in [-0.4, -0.2) is 30.5 Å². The molecule has 0 atom stereocenters. The van der Waals surface area contributed by atoms with Crippen molar-refractivity contribution in [1.29, 1.82) is 0 Å². The zero-order valence-corrected chi connectivity index (χ0v) is 19.4. The SMILES string of the molecule is Cc1cc(C)n(Cc2ccc(C(=O)Nc3ccc(F)c(-c4nnc5n4CCCCC5)c3)cc2)n1. The van der Waals surface area contributed by atoms with Gasteiger partial charge in [-0.3, -0.25) is 9.48 Å². The van der Waals surface area contributed by atoms with Crippen molar-refractivity contribution >= 4 is 11.6 Å². The highest BCUT2D eigenvalue weighted by atomic mass is 19.1. The van der Waals surface area contributed by atoms with E-state index in [1.54, 1.807) is 24.3 Å². The number of carbonyl (C=O) groups excluding carboxylic acids is 1. The van der Waals surface area contributed by atoms with Gasteiger partial charge in [0.25, 0.3) is 5.91 Å². The molecule has 34 heavy (non-hydrogen) atoms. The van der Waals surface area contributed by atoms with E-state index in [1.807, 2.05) is 41.3 Å². The van der Waals surface area contributed by atoms with Crippen molar-refractivity contribution in [2.75, 3.05) is 5.32 Å². The molecule has 0 bridgehead atoms. The van der Waals surface area contributed by atoms with Gasteiger partial charge in [0.15, 0.2) is 5.82 Å². The van der Waals surface area contributed by atoms with Crippen molar-refractivity contribution in [1.82, 2.24) is 24.5 Å². The normalized spacial score (nSPS) is 13.4. The van der Waals surface area contributed by atoms with Crippen LogP contribution in [-0.2, 0) is 19.5 Å². The van der Waals surface area contributed by atoms with Gasteiger partial charge in [0.2, 0.25) is 0 Å². The summed E-state index contributed by atoms with van der Waals surface area (Å²) in [5.41, 5.74) is 4.52. The first kappa shape index (κ1) is 22.0. The number of rotatable bonds is 5. The monoisotopic (exact) mass is 458 g/mol. The summed E-state index contributed by atoms with van der Waals surface area (Å²) < 4.78 is 18.7. The minimum Gasteiger partial charge on any atom is -0.322 e. The van der Waals surface area contributed by atoms with Gasteiger partial charge in [-0.25, -0.2) is 4.39 Å². The van der Waals surface area contributed by atoms with Gasteiger partial charge in [-0.05, 0) is 68.7 Å². The van der Waals surface area contributed by atoms with E-state index in [9.17, 15) is 9.18 Å². The summed E-state index contributed by atoms with van der Waals surface area (Å²) in [7, 11) is 0. The predicted octanol–water partition coefficient (Wildman–Crippen LogP) is 4.92. The third-order valence-electron chi connectivity index (χ3n) is 6.23. The summed E-state index contributed by atoms with van der Waals surface area (Å²) in [6, 6.07) is 14.0. The fourth-order valence-electron chi connectivity index (χ4n) is 4.43. The first-order valence-corrected chi connectivity index (χ1v) is 11.6. The van der Waals surface area contributed by atoms with Crippen LogP contribution in [0, 0.1) is 19.7 Å². The van der Waals surface area contributed by atoms with Crippen molar-refractivity contribution in [3.8, 4) is 11.4 Å². The molecule has 3 heterocycles. The van der Waals surface area contributed by atoms with Gasteiger partial charge in [-0.2, -0.15) is 5.10 Å². The number of carbonyl (C=O) groups is 1. The third-order valence-corrected chi connectivity index (χ3v) is 6.23. The van der Waals surface area contributed by atoms with Crippen LogP contribution in [0.5, 0.6) is 0 Å². The van der Waals surface area contributed by atoms with Gasteiger partial charge in [-0.1, -0.05) is 18.6 Å². The minimum atomic E-state index is -0.383. The van der Waals surface area contributed by atoms with Crippen LogP contribution in [0.2, 0.25) is 0 Å². The number of fused-ring (bicyclic) bond motifs is 1. The van der Waals surface area contributed by atoms with Gasteiger partial charge >= 0.3 is 0 Å². The molecule has 1 N–H and O–H groups in total. The molecule has 0 fully saturated rings. The Morgan fingerprint density at radius 2 is 1.85 bits per heavy atom. The largest absolute Gasteiger partial charge is 0.322 e. The van der Waals surface area contributed by atoms with Crippen molar-refractivity contribution in [2.45, 2.75) is 52.6 Å². The Morgan fingerprint density at radius 3 is 2.62 bits per heavy atom. The second-order valence-corrected chi connectivity index (χ2v) is 8.83. The van der Waals surface area contributed by atoms with Crippen molar-refractivity contribution < 1.29 is 9.18 Å². The molecule has 2 aromatic heterocycles. The highest BCUT2D eigenvalue weighted by Crippen LogP contribution is 2.27. The maximum Gasteiger partial charge on any atom is 0.255 e. The van der Waals surface area contributed by atoms with E-state index in [0.717, 1.165) is 55.0 Å². The maximum atomic E-state index is 14.7. The zero-order valence-electron chi connectivity index (χ0n) is 19.4. The number of hydrogen-bond donors (Lipinski definition) is 1. The predicted molar refractivity (Wildman–Crippen MR) is 128 cm³/mol. The van der Waals surface area contributed by atoms with Gasteiger partial charge in [0.1, 0.15) is 11.6 Å². The van der Waals surface area contributed by atoms with Gasteiger partial charge in [0.05, 0.1) is 17.8 Å². The van der Waals surface area contributed by atoms with Crippen LogP contribution in [0.1, 0.15) is 52.4 Å². The molecule has 2 aromatic carbocycles. The quantitative estimate of drug-likeness (QED) is 0.460. The Labute approximate surface area is 197 Å². The van der Waals surface area contributed by atoms with E-state index in [2.05, 4.69) is 20.6 Å². The molecule has 4 aromatic rings. The van der Waals surface area contributed by atoms with Crippen molar-refractivity contribution in [3.63, 3.8) is 0 Å². The summed E-state index contributed by atoms with van der Waals surface area (Å²) in [6.07, 6.45) is 4.06. The van der Waals surface area contributed by atoms with E-state index in [4.69, 9.17) is 0 Å². The number of hydrogen-bond acceptors (Lipinski definition) is 4. The lowest BCUT2D eigenvalue weighted by Crippen LogP contribution is -2.12. The third kappa shape index (κ3) is 4.48. The molecule has 1 aliphatic heterocycles. The number of amides is 1. The summed E-state index contributed by atoms with van der Waals surface area (Å²) >= 11 is 0. The van der Waals surface area contributed by atoms with E-state index < -0.39 is 0 Å². The second-order valence-electron chi connectivity index (χ2n) is 8.83. The Morgan fingerprint density at radius 1 is 1.03 bits per heavy atom. The molecule has 8 heteroatoms. The molecule has 7 nitrogen and oxygen atoms in total. The van der Waals surface area contributed by atoms with Crippen LogP contribution < -0.4 is 5.32 Å². The molecule has 174 valence electrons. The van der Waals surface area contributed by atoms with Crippen molar-refractivity contribution in [3.05, 3.63) is 82.7 Å². The van der Waals surface area contributed by atoms with E-state index >= 15 is 0 Å². The van der Waals surface area contributed by atoms with E-state index in [0.29, 0.717) is 29.2 Å². The van der Waals surface area contributed by atoms with Crippen LogP contribution in [0.25, 0.3) is 11.4 Å². The first-order valence-electron chi connectivity index (χ1n) is 11.6. The molecular weight excluding hydrogens is 431 g/mol. The molecule has 5 rings (SSSR count). The van der Waals surface area contributed by atoms with E-state index in [-0.39, 0.29) is 11.7 Å². The lowest BCUT2D eigenvalue weighted by atomic mass is 10.1. The number of anilines is 1. The molecule has 1 amide bonds. The van der Waals surface area contributed by atoms with Gasteiger partial charge in [-0.15, -0.1) is 10.2 Å². The van der Waals surface area contributed by atoms with Crippen LogP contribution >= 0.6 is 0 Å². The summed E-state index contributed by atoms with van der Waals surface area (Å²) in [6.45, 7) is 5.41.